The normalized spacial score (nSPS) is 11.8. The quantitative estimate of drug-likeness (QED) is 0.505. The predicted molar refractivity (Wildman–Crippen MR) is 44.5 cm³/mol. The summed E-state index contributed by atoms with van der Waals surface area (Å²) in [6.45, 7) is 0. The van der Waals surface area contributed by atoms with Crippen LogP contribution in [0.1, 0.15) is 6.42 Å². The number of rotatable bonds is 3. The summed E-state index contributed by atoms with van der Waals surface area (Å²) in [6, 6.07) is 1.74. The van der Waals surface area contributed by atoms with Crippen molar-refractivity contribution in [3.8, 4) is 6.07 Å². The van der Waals surface area contributed by atoms with Gasteiger partial charge in [0.05, 0.1) is 0 Å². The first-order valence-corrected chi connectivity index (χ1v) is 3.91. The van der Waals surface area contributed by atoms with Gasteiger partial charge < -0.3 is 0 Å². The van der Waals surface area contributed by atoms with Gasteiger partial charge in [-0.1, -0.05) is 35.4 Å². The Hall–Kier alpha value is 0.1000. The maximum Gasteiger partial charge on any atom is 0.206 e. The minimum absolute atomic E-state index is 0.305. The topological polar surface area (TPSA) is 23.8 Å². The van der Waals surface area contributed by atoms with E-state index in [1.54, 1.807) is 18.2 Å². The van der Waals surface area contributed by atoms with Crippen molar-refractivity contribution in [3.63, 3.8) is 0 Å². The van der Waals surface area contributed by atoms with Gasteiger partial charge in [0.1, 0.15) is 6.07 Å². The van der Waals surface area contributed by atoms with E-state index in [1.807, 2.05) is 0 Å². The molecule has 1 nitrogen and oxygen atoms in total. The van der Waals surface area contributed by atoms with Crippen molar-refractivity contribution >= 4 is 34.8 Å². The van der Waals surface area contributed by atoms with E-state index in [-0.39, 0.29) is 0 Å². The second-order valence-corrected chi connectivity index (χ2v) is 3.44. The number of allylic oxidation sites excluding steroid dienone is 2. The lowest BCUT2D eigenvalue weighted by atomic mass is 10.3. The SMILES string of the molecule is N#CC(Cl)(Cl)C/C=C/CCl. The summed E-state index contributed by atoms with van der Waals surface area (Å²) in [6.07, 6.45) is 3.67. The number of halogens is 3. The van der Waals surface area contributed by atoms with Crippen LogP contribution in [0.3, 0.4) is 0 Å². The zero-order chi connectivity index (χ0) is 8.04. The van der Waals surface area contributed by atoms with Crippen molar-refractivity contribution in [1.82, 2.24) is 0 Å². The van der Waals surface area contributed by atoms with Crippen LogP contribution in [-0.4, -0.2) is 10.2 Å². The van der Waals surface area contributed by atoms with Gasteiger partial charge in [-0.15, -0.1) is 11.6 Å². The van der Waals surface area contributed by atoms with Crippen molar-refractivity contribution < 1.29 is 0 Å². The molecule has 0 aliphatic carbocycles. The smallest absolute Gasteiger partial charge is 0.195 e. The number of nitriles is 1. The number of hydrogen-bond acceptors (Lipinski definition) is 1. The van der Waals surface area contributed by atoms with Gasteiger partial charge >= 0.3 is 0 Å². The summed E-state index contributed by atoms with van der Waals surface area (Å²) >= 11 is 16.3. The maximum atomic E-state index is 8.31. The van der Waals surface area contributed by atoms with Gasteiger partial charge in [-0.2, -0.15) is 5.26 Å². The van der Waals surface area contributed by atoms with E-state index in [2.05, 4.69) is 0 Å². The zero-order valence-electron chi connectivity index (χ0n) is 5.15. The van der Waals surface area contributed by atoms with Gasteiger partial charge in [-0.05, 0) is 0 Å². The van der Waals surface area contributed by atoms with E-state index in [1.165, 1.54) is 0 Å². The van der Waals surface area contributed by atoms with E-state index >= 15 is 0 Å². The van der Waals surface area contributed by atoms with Gasteiger partial charge in [0.15, 0.2) is 0 Å². The molecule has 0 bridgehead atoms. The highest BCUT2D eigenvalue weighted by Gasteiger charge is 2.20. The molecule has 0 unspecified atom stereocenters. The van der Waals surface area contributed by atoms with Crippen molar-refractivity contribution in [2.75, 3.05) is 5.88 Å². The van der Waals surface area contributed by atoms with E-state index in [4.69, 9.17) is 40.1 Å². The summed E-state index contributed by atoms with van der Waals surface area (Å²) < 4.78 is -1.30. The predicted octanol–water partition coefficient (Wildman–Crippen LogP) is 2.87. The van der Waals surface area contributed by atoms with Crippen LogP contribution >= 0.6 is 34.8 Å². The molecular weight excluding hydrogens is 192 g/mol. The van der Waals surface area contributed by atoms with E-state index in [9.17, 15) is 0 Å². The number of nitrogens with zero attached hydrogens (tertiary/aromatic N) is 1. The lowest BCUT2D eigenvalue weighted by molar-refractivity contribution is 0.985. The minimum atomic E-state index is -1.30. The van der Waals surface area contributed by atoms with Crippen LogP contribution in [-0.2, 0) is 0 Å². The average molecular weight is 198 g/mol. The summed E-state index contributed by atoms with van der Waals surface area (Å²) in [5.74, 6) is 0.412. The molecule has 0 atom stereocenters. The third-order valence-electron chi connectivity index (χ3n) is 0.794. The van der Waals surface area contributed by atoms with Gasteiger partial charge in [0, 0.05) is 12.3 Å². The van der Waals surface area contributed by atoms with Gasteiger partial charge in [-0.25, -0.2) is 0 Å². The standard InChI is InChI=1S/C6H6Cl3N/c7-4-2-1-3-6(8,9)5-10/h1-2H,3-4H2/b2-1+. The van der Waals surface area contributed by atoms with E-state index < -0.39 is 4.33 Å². The summed E-state index contributed by atoms with van der Waals surface area (Å²) in [5.41, 5.74) is 0. The maximum absolute atomic E-state index is 8.31. The van der Waals surface area contributed by atoms with Gasteiger partial charge in [0.2, 0.25) is 4.33 Å². The molecule has 0 heterocycles. The molecule has 0 amide bonds. The minimum Gasteiger partial charge on any atom is -0.195 e. The molecule has 10 heavy (non-hydrogen) atoms. The molecule has 0 N–H and O–H groups in total. The highest BCUT2D eigenvalue weighted by Crippen LogP contribution is 2.24. The van der Waals surface area contributed by atoms with Crippen molar-refractivity contribution in [2.24, 2.45) is 0 Å². The first-order valence-electron chi connectivity index (χ1n) is 2.62. The van der Waals surface area contributed by atoms with Crippen LogP contribution in [0.5, 0.6) is 0 Å². The highest BCUT2D eigenvalue weighted by atomic mass is 35.5. The van der Waals surface area contributed by atoms with Crippen LogP contribution in [0, 0.1) is 11.3 Å². The second-order valence-electron chi connectivity index (χ2n) is 1.65. The largest absolute Gasteiger partial charge is 0.206 e. The second kappa shape index (κ2) is 4.85. The van der Waals surface area contributed by atoms with Crippen LogP contribution < -0.4 is 0 Å². The molecule has 0 aliphatic heterocycles. The number of hydrogen-bond donors (Lipinski definition) is 0. The highest BCUT2D eigenvalue weighted by molar-refractivity contribution is 6.50. The number of alkyl halides is 3. The first kappa shape index (κ1) is 10.1. The molecule has 0 aliphatic rings. The third-order valence-corrected chi connectivity index (χ3v) is 1.45. The lowest BCUT2D eigenvalue weighted by Crippen LogP contribution is -2.06. The molecule has 0 fully saturated rings. The van der Waals surface area contributed by atoms with Crippen LogP contribution in [0.15, 0.2) is 12.2 Å². The Kier molecular flexibility index (Phi) is 4.89. The fourth-order valence-electron chi connectivity index (χ4n) is 0.340. The van der Waals surface area contributed by atoms with Crippen LogP contribution in [0.4, 0.5) is 0 Å². The Morgan fingerprint density at radius 2 is 2.00 bits per heavy atom. The molecule has 56 valence electrons. The molecule has 0 rings (SSSR count). The molecule has 0 aromatic rings. The Bertz CT molecular complexity index is 157. The first-order chi connectivity index (χ1) is 4.62. The van der Waals surface area contributed by atoms with Crippen molar-refractivity contribution in [3.05, 3.63) is 12.2 Å². The summed E-state index contributed by atoms with van der Waals surface area (Å²) in [7, 11) is 0. The van der Waals surface area contributed by atoms with E-state index in [0.717, 1.165) is 0 Å². The van der Waals surface area contributed by atoms with Crippen LogP contribution in [0.25, 0.3) is 0 Å². The molecule has 0 aromatic heterocycles. The van der Waals surface area contributed by atoms with Crippen LogP contribution in [0.2, 0.25) is 0 Å². The molecular formula is C6H6Cl3N. The fraction of sp³-hybridized carbons (Fsp3) is 0.500. The monoisotopic (exact) mass is 197 g/mol. The lowest BCUT2D eigenvalue weighted by Gasteiger charge is -2.04. The molecule has 0 saturated heterocycles. The Balaban J connectivity index is 3.70. The molecule has 0 spiro atoms. The van der Waals surface area contributed by atoms with E-state index in [0.29, 0.717) is 12.3 Å². The van der Waals surface area contributed by atoms with Gasteiger partial charge in [-0.3, -0.25) is 0 Å². The zero-order valence-corrected chi connectivity index (χ0v) is 7.42. The summed E-state index contributed by atoms with van der Waals surface area (Å²) in [5, 5.41) is 8.31. The Labute approximate surface area is 75.2 Å². The van der Waals surface area contributed by atoms with Crippen molar-refractivity contribution in [1.29, 1.82) is 5.26 Å². The summed E-state index contributed by atoms with van der Waals surface area (Å²) in [4.78, 5) is 0. The molecule has 0 saturated carbocycles. The molecule has 0 aromatic carbocycles. The fourth-order valence-corrected chi connectivity index (χ4v) is 0.644. The molecule has 4 heteroatoms. The Morgan fingerprint density at radius 3 is 2.40 bits per heavy atom. The Morgan fingerprint density at radius 1 is 1.40 bits per heavy atom. The average Bonchev–Trinajstić information content (AvgIpc) is 1.89. The molecule has 0 radical (unpaired) electrons. The third kappa shape index (κ3) is 4.93. The van der Waals surface area contributed by atoms with Gasteiger partial charge in [0.25, 0.3) is 0 Å². The van der Waals surface area contributed by atoms with Crippen molar-refractivity contribution in [2.45, 2.75) is 10.8 Å².